The Morgan fingerprint density at radius 3 is 2.63 bits per heavy atom. The fraction of sp³-hybridized carbons (Fsp3) is 0.474. The van der Waals surface area contributed by atoms with Crippen LogP contribution in [0.15, 0.2) is 42.6 Å². The van der Waals surface area contributed by atoms with Gasteiger partial charge >= 0.3 is 0 Å². The number of likely N-dealkylation sites (tertiary alicyclic amines) is 1. The van der Waals surface area contributed by atoms with E-state index < -0.39 is 5.54 Å². The molecule has 8 heteroatoms. The molecular weight excluding hydrogens is 344 g/mol. The van der Waals surface area contributed by atoms with Crippen LogP contribution in [0.5, 0.6) is 0 Å². The van der Waals surface area contributed by atoms with Crippen LogP contribution in [0.4, 0.5) is 5.82 Å². The zero-order valence-electron chi connectivity index (χ0n) is 15.5. The van der Waals surface area contributed by atoms with Gasteiger partial charge in [-0.05, 0) is 32.1 Å². The lowest BCUT2D eigenvalue weighted by atomic mass is 9.85. The van der Waals surface area contributed by atoms with Gasteiger partial charge in [-0.2, -0.15) is 5.10 Å². The fourth-order valence-electron chi connectivity index (χ4n) is 3.98. The largest absolute Gasteiger partial charge is 0.339 e. The third-order valence-electron chi connectivity index (χ3n) is 5.57. The van der Waals surface area contributed by atoms with Crippen molar-refractivity contribution in [1.29, 1.82) is 0 Å². The molecule has 2 amide bonds. The molecule has 142 valence electrons. The molecule has 1 fully saturated rings. The molecule has 2 aliphatic rings. The number of hydrogen-bond donors (Lipinski definition) is 1. The maximum Gasteiger partial charge on any atom is 0.251 e. The maximum absolute atomic E-state index is 13.2. The van der Waals surface area contributed by atoms with Gasteiger partial charge in [0.15, 0.2) is 5.82 Å². The van der Waals surface area contributed by atoms with E-state index in [0.29, 0.717) is 31.7 Å². The number of carbonyl (C=O) groups excluding carboxylic acids is 2. The van der Waals surface area contributed by atoms with Crippen LogP contribution in [-0.4, -0.2) is 49.1 Å². The van der Waals surface area contributed by atoms with Crippen molar-refractivity contribution in [3.05, 3.63) is 42.6 Å². The molecular formula is C19H24N6O2. The first-order valence-corrected chi connectivity index (χ1v) is 9.36. The predicted molar refractivity (Wildman–Crippen MR) is 99.8 cm³/mol. The summed E-state index contributed by atoms with van der Waals surface area (Å²) in [6, 6.07) is 1.77. The second-order valence-corrected chi connectivity index (χ2v) is 7.24. The van der Waals surface area contributed by atoms with Crippen LogP contribution >= 0.6 is 0 Å². The van der Waals surface area contributed by atoms with Crippen molar-refractivity contribution in [1.82, 2.24) is 24.2 Å². The molecule has 1 aliphatic carbocycles. The van der Waals surface area contributed by atoms with Crippen LogP contribution in [0.25, 0.3) is 0 Å². The monoisotopic (exact) mass is 368 g/mol. The van der Waals surface area contributed by atoms with E-state index in [1.54, 1.807) is 29.5 Å². The highest BCUT2D eigenvalue weighted by Gasteiger charge is 2.44. The Hall–Kier alpha value is -2.90. The molecule has 0 saturated carbocycles. The van der Waals surface area contributed by atoms with Crippen molar-refractivity contribution in [3.8, 4) is 0 Å². The van der Waals surface area contributed by atoms with Crippen molar-refractivity contribution in [2.24, 2.45) is 7.05 Å². The van der Waals surface area contributed by atoms with Crippen LogP contribution in [0, 0.1) is 0 Å². The smallest absolute Gasteiger partial charge is 0.251 e. The summed E-state index contributed by atoms with van der Waals surface area (Å²) >= 11 is 0. The van der Waals surface area contributed by atoms with E-state index >= 15 is 0 Å². The van der Waals surface area contributed by atoms with Gasteiger partial charge in [0.25, 0.3) is 5.91 Å². The van der Waals surface area contributed by atoms with Gasteiger partial charge in [-0.1, -0.05) is 6.08 Å². The lowest BCUT2D eigenvalue weighted by Gasteiger charge is -2.41. The van der Waals surface area contributed by atoms with Crippen molar-refractivity contribution >= 4 is 17.6 Å². The van der Waals surface area contributed by atoms with Crippen LogP contribution in [-0.2, 0) is 22.2 Å². The van der Waals surface area contributed by atoms with E-state index in [9.17, 15) is 9.59 Å². The first-order chi connectivity index (χ1) is 13.1. The topological polar surface area (TPSA) is 85.0 Å². The summed E-state index contributed by atoms with van der Waals surface area (Å²) in [6.07, 6.45) is 13.0. The third kappa shape index (κ3) is 3.27. The zero-order valence-corrected chi connectivity index (χ0v) is 15.5. The molecule has 1 N–H and O–H groups in total. The quantitative estimate of drug-likeness (QED) is 0.890. The number of aryl methyl sites for hydroxylation is 1. The summed E-state index contributed by atoms with van der Waals surface area (Å²) in [5.74, 6) is 0.528. The van der Waals surface area contributed by atoms with Gasteiger partial charge in [0.2, 0.25) is 5.91 Å². The summed E-state index contributed by atoms with van der Waals surface area (Å²) < 4.78 is 3.51. The second kappa shape index (κ2) is 7.02. The second-order valence-electron chi connectivity index (χ2n) is 7.24. The number of allylic oxidation sites excluding steroid dienone is 1. The number of amides is 2. The van der Waals surface area contributed by atoms with E-state index in [2.05, 4.69) is 15.4 Å². The summed E-state index contributed by atoms with van der Waals surface area (Å²) in [6.45, 7) is 1.09. The molecule has 0 bridgehead atoms. The summed E-state index contributed by atoms with van der Waals surface area (Å²) in [7, 11) is 1.81. The highest BCUT2D eigenvalue weighted by molar-refractivity contribution is 5.97. The normalized spacial score (nSPS) is 19.0. The summed E-state index contributed by atoms with van der Waals surface area (Å²) in [4.78, 5) is 31.9. The molecule has 27 heavy (non-hydrogen) atoms. The molecule has 0 aromatic carbocycles. The first kappa shape index (κ1) is 17.5. The highest BCUT2D eigenvalue weighted by Crippen LogP contribution is 2.33. The Morgan fingerprint density at radius 2 is 2.04 bits per heavy atom. The van der Waals surface area contributed by atoms with Gasteiger partial charge in [0.05, 0.1) is 6.33 Å². The summed E-state index contributed by atoms with van der Waals surface area (Å²) in [5, 5.41) is 7.17. The molecule has 0 radical (unpaired) electrons. The molecule has 8 nitrogen and oxygen atoms in total. The Morgan fingerprint density at radius 1 is 1.22 bits per heavy atom. The Labute approximate surface area is 157 Å². The first-order valence-electron chi connectivity index (χ1n) is 9.36. The van der Waals surface area contributed by atoms with Gasteiger partial charge in [0, 0.05) is 50.4 Å². The standard InChI is InChI=1S/C19H24N6O2/c1-23-10-6-16(22-23)21-18(27)19(25-13-9-20-14-25)7-11-24(12-8-19)17(26)15-4-2-3-5-15/h4,6,9-10,13-14H,2-3,5,7-8,11-12H2,1H3,(H,21,22,27). The Kier molecular flexibility index (Phi) is 4.55. The lowest BCUT2D eigenvalue weighted by molar-refractivity contribution is -0.134. The number of piperidine rings is 1. The van der Waals surface area contributed by atoms with Crippen molar-refractivity contribution in [3.63, 3.8) is 0 Å². The SMILES string of the molecule is Cn1ccc(NC(=O)C2(n3ccnc3)CCN(C(=O)C3=CCCC3)CC2)n1. The number of aromatic nitrogens is 4. The van der Waals surface area contributed by atoms with E-state index in [4.69, 9.17) is 0 Å². The van der Waals surface area contributed by atoms with Crippen LogP contribution in [0.1, 0.15) is 32.1 Å². The van der Waals surface area contributed by atoms with Crippen molar-refractivity contribution < 1.29 is 9.59 Å². The minimum atomic E-state index is -0.769. The predicted octanol–water partition coefficient (Wildman–Crippen LogP) is 1.68. The minimum absolute atomic E-state index is 0.119. The number of nitrogens with one attached hydrogen (secondary N) is 1. The van der Waals surface area contributed by atoms with E-state index in [1.165, 1.54) is 0 Å². The molecule has 3 heterocycles. The third-order valence-corrected chi connectivity index (χ3v) is 5.57. The molecule has 2 aromatic rings. The van der Waals surface area contributed by atoms with E-state index in [0.717, 1.165) is 24.8 Å². The molecule has 1 aliphatic heterocycles. The average molecular weight is 368 g/mol. The average Bonchev–Trinajstić information content (AvgIpc) is 3.44. The van der Waals surface area contributed by atoms with Gasteiger partial charge in [-0.15, -0.1) is 0 Å². The summed E-state index contributed by atoms with van der Waals surface area (Å²) in [5.41, 5.74) is 0.151. The van der Waals surface area contributed by atoms with Gasteiger partial charge < -0.3 is 14.8 Å². The molecule has 4 rings (SSSR count). The van der Waals surface area contributed by atoms with Crippen molar-refractivity contribution in [2.45, 2.75) is 37.6 Å². The number of rotatable bonds is 4. The molecule has 0 unspecified atom stereocenters. The van der Waals surface area contributed by atoms with Crippen molar-refractivity contribution in [2.75, 3.05) is 18.4 Å². The molecule has 0 atom stereocenters. The van der Waals surface area contributed by atoms with E-state index in [1.807, 2.05) is 28.8 Å². The molecule has 0 spiro atoms. The van der Waals surface area contributed by atoms with Gasteiger partial charge in [0.1, 0.15) is 5.54 Å². The highest BCUT2D eigenvalue weighted by atomic mass is 16.2. The Balaban J connectivity index is 1.53. The van der Waals surface area contributed by atoms with Gasteiger partial charge in [-0.25, -0.2) is 4.98 Å². The lowest BCUT2D eigenvalue weighted by Crippen LogP contribution is -2.54. The maximum atomic E-state index is 13.2. The number of anilines is 1. The number of imidazole rings is 1. The fourth-order valence-corrected chi connectivity index (χ4v) is 3.98. The Bertz CT molecular complexity index is 859. The molecule has 1 saturated heterocycles. The van der Waals surface area contributed by atoms with Crippen LogP contribution < -0.4 is 5.32 Å². The van der Waals surface area contributed by atoms with E-state index in [-0.39, 0.29) is 11.8 Å². The van der Waals surface area contributed by atoms with Crippen LogP contribution in [0.2, 0.25) is 0 Å². The zero-order chi connectivity index (χ0) is 18.9. The van der Waals surface area contributed by atoms with Gasteiger partial charge in [-0.3, -0.25) is 14.3 Å². The molecule has 2 aromatic heterocycles. The number of carbonyl (C=O) groups is 2. The number of hydrogen-bond acceptors (Lipinski definition) is 4. The minimum Gasteiger partial charge on any atom is -0.339 e. The number of nitrogens with zero attached hydrogens (tertiary/aromatic N) is 5. The van der Waals surface area contributed by atoms with Crippen LogP contribution in [0.3, 0.4) is 0 Å².